The number of rotatable bonds is 11. The molecule has 7 nitrogen and oxygen atoms in total. The van der Waals surface area contributed by atoms with Crippen LogP contribution < -0.4 is 14.8 Å². The third kappa shape index (κ3) is 6.96. The zero-order valence-corrected chi connectivity index (χ0v) is 20.0. The highest BCUT2D eigenvalue weighted by atomic mass is 16.5. The summed E-state index contributed by atoms with van der Waals surface area (Å²) in [6.45, 7) is 0.546. The highest BCUT2D eigenvalue weighted by molar-refractivity contribution is 5.96. The molecule has 0 aliphatic carbocycles. The summed E-state index contributed by atoms with van der Waals surface area (Å²) in [4.78, 5) is 24.5. The van der Waals surface area contributed by atoms with Crippen LogP contribution in [0.3, 0.4) is 0 Å². The molecule has 1 unspecified atom stereocenters. The molecule has 7 heteroatoms. The molecule has 37 heavy (non-hydrogen) atoms. The number of aliphatic hydroxyl groups is 1. The van der Waals surface area contributed by atoms with E-state index in [-0.39, 0.29) is 17.7 Å². The van der Waals surface area contributed by atoms with E-state index in [0.29, 0.717) is 18.1 Å². The van der Waals surface area contributed by atoms with Gasteiger partial charge in [0.2, 0.25) is 0 Å². The molecule has 4 aromatic carbocycles. The summed E-state index contributed by atoms with van der Waals surface area (Å²) in [5.41, 5.74) is 2.45. The van der Waals surface area contributed by atoms with Gasteiger partial charge in [-0.25, -0.2) is 4.79 Å². The van der Waals surface area contributed by atoms with Crippen LogP contribution in [0.5, 0.6) is 11.5 Å². The number of nitrogens with one attached hydrogen (secondary N) is 1. The van der Waals surface area contributed by atoms with E-state index in [9.17, 15) is 19.8 Å². The lowest BCUT2D eigenvalue weighted by Gasteiger charge is -2.22. The molecule has 2 atom stereocenters. The minimum absolute atomic E-state index is 0.245. The predicted octanol–water partition coefficient (Wildman–Crippen LogP) is 4.76. The summed E-state index contributed by atoms with van der Waals surface area (Å²) in [7, 11) is 0. The third-order valence-electron chi connectivity index (χ3n) is 5.69. The minimum Gasteiger partial charge on any atom is -0.485 e. The number of carbonyl (C=O) groups is 2. The van der Waals surface area contributed by atoms with Crippen LogP contribution in [-0.2, 0) is 18.0 Å². The van der Waals surface area contributed by atoms with Crippen LogP contribution in [0.1, 0.15) is 33.2 Å². The zero-order valence-electron chi connectivity index (χ0n) is 20.0. The van der Waals surface area contributed by atoms with Gasteiger partial charge in [0.1, 0.15) is 19.3 Å². The van der Waals surface area contributed by atoms with Crippen molar-refractivity contribution >= 4 is 11.9 Å². The van der Waals surface area contributed by atoms with Crippen LogP contribution in [0, 0.1) is 0 Å². The number of aliphatic hydroxyl groups excluding tert-OH is 1. The largest absolute Gasteiger partial charge is 0.485 e. The molecule has 0 saturated heterocycles. The topological polar surface area (TPSA) is 105 Å². The molecule has 0 heterocycles. The van der Waals surface area contributed by atoms with Crippen molar-refractivity contribution in [1.82, 2.24) is 5.32 Å². The van der Waals surface area contributed by atoms with Crippen LogP contribution in [0.25, 0.3) is 0 Å². The number of amides is 1. The number of aliphatic carboxylic acids is 1. The zero-order chi connectivity index (χ0) is 26.0. The second-order valence-electron chi connectivity index (χ2n) is 8.35. The van der Waals surface area contributed by atoms with E-state index in [0.717, 1.165) is 11.1 Å². The van der Waals surface area contributed by atoms with Crippen molar-refractivity contribution in [2.24, 2.45) is 0 Å². The maximum atomic E-state index is 12.6. The molecule has 0 radical (unpaired) electrons. The lowest BCUT2D eigenvalue weighted by Crippen LogP contribution is -2.45. The van der Waals surface area contributed by atoms with Crippen molar-refractivity contribution in [3.63, 3.8) is 0 Å². The Labute approximate surface area is 214 Å². The maximum Gasteiger partial charge on any atom is 0.329 e. The van der Waals surface area contributed by atoms with Gasteiger partial charge in [0, 0.05) is 5.56 Å². The molecule has 0 aliphatic rings. The first kappa shape index (κ1) is 25.5. The molecular formula is C30H27NO6. The van der Waals surface area contributed by atoms with E-state index in [1.807, 2.05) is 60.7 Å². The molecule has 0 fully saturated rings. The summed E-state index contributed by atoms with van der Waals surface area (Å²) in [6, 6.07) is 30.6. The molecule has 188 valence electrons. The first-order valence-electron chi connectivity index (χ1n) is 11.8. The van der Waals surface area contributed by atoms with Gasteiger partial charge in [-0.3, -0.25) is 4.79 Å². The lowest BCUT2D eigenvalue weighted by atomic mass is 10.0. The molecular weight excluding hydrogens is 470 g/mol. The minimum atomic E-state index is -1.58. The fourth-order valence-electron chi connectivity index (χ4n) is 3.69. The van der Waals surface area contributed by atoms with Crippen LogP contribution in [-0.4, -0.2) is 28.1 Å². The van der Waals surface area contributed by atoms with E-state index < -0.39 is 24.0 Å². The van der Waals surface area contributed by atoms with E-state index in [1.54, 1.807) is 48.5 Å². The Bertz CT molecular complexity index is 1310. The average Bonchev–Trinajstić information content (AvgIpc) is 2.94. The van der Waals surface area contributed by atoms with Crippen LogP contribution in [0.15, 0.2) is 109 Å². The maximum absolute atomic E-state index is 12.6. The van der Waals surface area contributed by atoms with Gasteiger partial charge in [-0.15, -0.1) is 0 Å². The second kappa shape index (κ2) is 12.4. The van der Waals surface area contributed by atoms with Gasteiger partial charge in [-0.2, -0.15) is 0 Å². The van der Waals surface area contributed by atoms with Crippen molar-refractivity contribution < 1.29 is 29.3 Å². The molecule has 0 saturated carbocycles. The SMILES string of the molecule is O=C(N[C@H](C(=O)O)C(O)c1ccc(OCc2ccccc2)c(OCc2ccccc2)c1)c1ccccc1. The van der Waals surface area contributed by atoms with Crippen LogP contribution in [0.2, 0.25) is 0 Å². The highest BCUT2D eigenvalue weighted by Crippen LogP contribution is 2.33. The molecule has 1 amide bonds. The van der Waals surface area contributed by atoms with Gasteiger partial charge in [0.15, 0.2) is 17.5 Å². The standard InChI is InChI=1S/C30H27NO6/c32-28(27(30(34)35)31-29(33)23-14-8-3-9-15-23)24-16-17-25(36-19-21-10-4-1-5-11-21)26(18-24)37-20-22-12-6-2-7-13-22/h1-18,27-28,32H,19-20H2,(H,31,33)(H,34,35)/t27-,28?/m0/s1. The van der Waals surface area contributed by atoms with Gasteiger partial charge < -0.3 is 25.0 Å². The predicted molar refractivity (Wildman–Crippen MR) is 138 cm³/mol. The summed E-state index contributed by atoms with van der Waals surface area (Å²) < 4.78 is 12.0. The monoisotopic (exact) mass is 497 g/mol. The Morgan fingerprint density at radius 2 is 1.22 bits per heavy atom. The lowest BCUT2D eigenvalue weighted by molar-refractivity contribution is -0.142. The number of carboxylic acid groups (broad SMARTS) is 1. The average molecular weight is 498 g/mol. The first-order chi connectivity index (χ1) is 18.0. The van der Waals surface area contributed by atoms with Gasteiger partial charge in [-0.1, -0.05) is 84.9 Å². The number of ether oxygens (including phenoxy) is 2. The number of carboxylic acids is 1. The van der Waals surface area contributed by atoms with Gasteiger partial charge in [0.25, 0.3) is 5.91 Å². The number of carbonyl (C=O) groups excluding carboxylic acids is 1. The highest BCUT2D eigenvalue weighted by Gasteiger charge is 2.30. The van der Waals surface area contributed by atoms with Crippen molar-refractivity contribution in [3.05, 3.63) is 131 Å². The fraction of sp³-hybridized carbons (Fsp3) is 0.133. The summed E-state index contributed by atoms with van der Waals surface area (Å²) in [5, 5.41) is 23.1. The molecule has 3 N–H and O–H groups in total. The molecule has 0 aliphatic heterocycles. The quantitative estimate of drug-likeness (QED) is 0.276. The van der Waals surface area contributed by atoms with E-state index in [4.69, 9.17) is 9.47 Å². The van der Waals surface area contributed by atoms with E-state index >= 15 is 0 Å². The van der Waals surface area contributed by atoms with Crippen molar-refractivity contribution in [1.29, 1.82) is 0 Å². The van der Waals surface area contributed by atoms with Crippen molar-refractivity contribution in [2.45, 2.75) is 25.4 Å². The Morgan fingerprint density at radius 3 is 1.76 bits per heavy atom. The number of benzene rings is 4. The first-order valence-corrected chi connectivity index (χ1v) is 11.8. The fourth-order valence-corrected chi connectivity index (χ4v) is 3.69. The normalized spacial score (nSPS) is 12.2. The van der Waals surface area contributed by atoms with E-state index in [2.05, 4.69) is 5.32 Å². The molecule has 4 rings (SSSR count). The molecule has 0 aromatic heterocycles. The summed E-state index contributed by atoms with van der Waals surface area (Å²) >= 11 is 0. The smallest absolute Gasteiger partial charge is 0.329 e. The molecule has 0 spiro atoms. The Hall–Kier alpha value is -4.62. The third-order valence-corrected chi connectivity index (χ3v) is 5.69. The van der Waals surface area contributed by atoms with Crippen LogP contribution in [0.4, 0.5) is 0 Å². The summed E-state index contributed by atoms with van der Waals surface area (Å²) in [5.74, 6) is -1.19. The summed E-state index contributed by atoms with van der Waals surface area (Å²) in [6.07, 6.45) is -1.53. The Kier molecular flexibility index (Phi) is 8.52. The molecule has 4 aromatic rings. The number of hydrogen-bond acceptors (Lipinski definition) is 5. The van der Waals surface area contributed by atoms with Crippen LogP contribution >= 0.6 is 0 Å². The number of hydrogen-bond donors (Lipinski definition) is 3. The van der Waals surface area contributed by atoms with E-state index in [1.165, 1.54) is 0 Å². The Morgan fingerprint density at radius 1 is 0.703 bits per heavy atom. The van der Waals surface area contributed by atoms with Gasteiger partial charge in [-0.05, 0) is 41.0 Å². The van der Waals surface area contributed by atoms with Gasteiger partial charge in [0.05, 0.1) is 0 Å². The van der Waals surface area contributed by atoms with Crippen molar-refractivity contribution in [2.75, 3.05) is 0 Å². The second-order valence-corrected chi connectivity index (χ2v) is 8.35. The van der Waals surface area contributed by atoms with Gasteiger partial charge >= 0.3 is 5.97 Å². The van der Waals surface area contributed by atoms with Crippen molar-refractivity contribution in [3.8, 4) is 11.5 Å². The molecule has 0 bridgehead atoms. The Balaban J connectivity index is 1.56.